The third-order valence-corrected chi connectivity index (χ3v) is 6.12. The smallest absolute Gasteiger partial charge is 0.129 e. The van der Waals surface area contributed by atoms with E-state index in [2.05, 4.69) is 34.5 Å². The Bertz CT molecular complexity index is 617. The Morgan fingerprint density at radius 3 is 2.62 bits per heavy atom. The van der Waals surface area contributed by atoms with E-state index in [0.717, 1.165) is 30.9 Å². The number of benzene rings is 1. The third kappa shape index (κ3) is 4.11. The molecule has 142 valence electrons. The zero-order valence-electron chi connectivity index (χ0n) is 15.9. The molecule has 0 amide bonds. The number of hydrogen-bond donors (Lipinski definition) is 2. The van der Waals surface area contributed by atoms with E-state index in [0.29, 0.717) is 6.04 Å². The molecule has 2 heterocycles. The van der Waals surface area contributed by atoms with Crippen LogP contribution in [0.1, 0.15) is 69.5 Å². The van der Waals surface area contributed by atoms with Crippen LogP contribution in [-0.2, 0) is 0 Å². The van der Waals surface area contributed by atoms with Gasteiger partial charge >= 0.3 is 0 Å². The van der Waals surface area contributed by atoms with Crippen molar-refractivity contribution in [3.63, 3.8) is 0 Å². The van der Waals surface area contributed by atoms with Crippen LogP contribution in [0.5, 0.6) is 0 Å². The number of amidine groups is 1. The number of para-hydroxylation sites is 1. The number of anilines is 1. The molecular formula is C21H33N5. The summed E-state index contributed by atoms with van der Waals surface area (Å²) < 4.78 is 0. The fourth-order valence-electron chi connectivity index (χ4n) is 4.63. The minimum atomic E-state index is 0.0517. The van der Waals surface area contributed by atoms with E-state index >= 15 is 0 Å². The van der Waals surface area contributed by atoms with Crippen LogP contribution in [0.4, 0.5) is 5.69 Å². The van der Waals surface area contributed by atoms with E-state index in [4.69, 9.17) is 10.8 Å². The Morgan fingerprint density at radius 1 is 1.04 bits per heavy atom. The van der Waals surface area contributed by atoms with Gasteiger partial charge in [0.2, 0.25) is 0 Å². The standard InChI is InChI=1S/C21H33N5/c22-26-19-12-5-4-11-18(19)21(23-17-9-2-1-3-10-17)24-20(26)13-8-16-25-14-6-7-15-25/h4-5,11-12,17,21,23H,1-3,6-10,13-16,22H2. The van der Waals surface area contributed by atoms with E-state index in [1.807, 2.05) is 5.01 Å². The van der Waals surface area contributed by atoms with E-state index in [1.54, 1.807) is 0 Å². The molecule has 2 aliphatic heterocycles. The first kappa shape index (κ1) is 18.0. The van der Waals surface area contributed by atoms with Crippen molar-refractivity contribution in [1.29, 1.82) is 0 Å². The van der Waals surface area contributed by atoms with Gasteiger partial charge in [-0.25, -0.2) is 10.8 Å². The Labute approximate surface area is 157 Å². The Kier molecular flexibility index (Phi) is 5.88. The van der Waals surface area contributed by atoms with Gasteiger partial charge in [-0.3, -0.25) is 10.3 Å². The Balaban J connectivity index is 1.45. The highest BCUT2D eigenvalue weighted by Crippen LogP contribution is 2.33. The van der Waals surface area contributed by atoms with Crippen LogP contribution in [0.2, 0.25) is 0 Å². The van der Waals surface area contributed by atoms with Crippen molar-refractivity contribution in [2.45, 2.75) is 70.0 Å². The highest BCUT2D eigenvalue weighted by Gasteiger charge is 2.27. The lowest BCUT2D eigenvalue weighted by Gasteiger charge is -2.34. The van der Waals surface area contributed by atoms with Crippen molar-refractivity contribution >= 4 is 11.5 Å². The molecule has 5 nitrogen and oxygen atoms in total. The van der Waals surface area contributed by atoms with Crippen molar-refractivity contribution in [3.8, 4) is 0 Å². The number of likely N-dealkylation sites (tertiary alicyclic amines) is 1. The summed E-state index contributed by atoms with van der Waals surface area (Å²) in [5.74, 6) is 7.47. The number of nitrogens with one attached hydrogen (secondary N) is 1. The molecule has 3 N–H and O–H groups in total. The van der Waals surface area contributed by atoms with E-state index in [9.17, 15) is 0 Å². The second-order valence-electron chi connectivity index (χ2n) is 8.03. The molecule has 5 heteroatoms. The maximum atomic E-state index is 6.44. The number of fused-ring (bicyclic) bond motifs is 1. The number of aliphatic imine (C=N–C) groups is 1. The molecule has 1 unspecified atom stereocenters. The maximum Gasteiger partial charge on any atom is 0.129 e. The highest BCUT2D eigenvalue weighted by atomic mass is 15.4. The first-order valence-corrected chi connectivity index (χ1v) is 10.5. The van der Waals surface area contributed by atoms with Crippen molar-refractivity contribution in [1.82, 2.24) is 10.2 Å². The third-order valence-electron chi connectivity index (χ3n) is 6.12. The summed E-state index contributed by atoms with van der Waals surface area (Å²) in [6, 6.07) is 9.04. The predicted octanol–water partition coefficient (Wildman–Crippen LogP) is 3.58. The first-order valence-electron chi connectivity index (χ1n) is 10.5. The molecule has 4 rings (SSSR count). The summed E-state index contributed by atoms with van der Waals surface area (Å²) >= 11 is 0. The molecule has 1 atom stereocenters. The van der Waals surface area contributed by atoms with Crippen LogP contribution in [0.25, 0.3) is 0 Å². The lowest BCUT2D eigenvalue weighted by molar-refractivity contribution is 0.334. The zero-order chi connectivity index (χ0) is 17.8. The quantitative estimate of drug-likeness (QED) is 0.766. The van der Waals surface area contributed by atoms with Gasteiger partial charge in [-0.1, -0.05) is 37.5 Å². The lowest BCUT2D eigenvalue weighted by atomic mass is 9.94. The van der Waals surface area contributed by atoms with Crippen LogP contribution < -0.4 is 16.2 Å². The molecule has 0 radical (unpaired) electrons. The minimum absolute atomic E-state index is 0.0517. The molecule has 0 aromatic heterocycles. The summed E-state index contributed by atoms with van der Waals surface area (Å²) in [6.07, 6.45) is 11.4. The summed E-state index contributed by atoms with van der Waals surface area (Å²) in [4.78, 5) is 7.62. The zero-order valence-corrected chi connectivity index (χ0v) is 15.9. The molecule has 1 saturated heterocycles. The van der Waals surface area contributed by atoms with Crippen molar-refractivity contribution in [2.24, 2.45) is 10.8 Å². The highest BCUT2D eigenvalue weighted by molar-refractivity contribution is 5.99. The second kappa shape index (κ2) is 8.51. The fraction of sp³-hybridized carbons (Fsp3) is 0.667. The van der Waals surface area contributed by atoms with Gasteiger partial charge < -0.3 is 4.90 Å². The predicted molar refractivity (Wildman–Crippen MR) is 108 cm³/mol. The van der Waals surface area contributed by atoms with Gasteiger partial charge in [0.15, 0.2) is 0 Å². The molecule has 3 aliphatic rings. The number of nitrogens with zero attached hydrogens (tertiary/aromatic N) is 3. The van der Waals surface area contributed by atoms with Gasteiger partial charge in [-0.2, -0.15) is 0 Å². The Morgan fingerprint density at radius 2 is 1.81 bits per heavy atom. The van der Waals surface area contributed by atoms with Crippen molar-refractivity contribution in [2.75, 3.05) is 24.6 Å². The first-order chi connectivity index (χ1) is 12.8. The average Bonchev–Trinajstić information content (AvgIpc) is 3.20. The molecule has 1 saturated carbocycles. The molecule has 1 aromatic carbocycles. The lowest BCUT2D eigenvalue weighted by Crippen LogP contribution is -2.44. The summed E-state index contributed by atoms with van der Waals surface area (Å²) in [5, 5.41) is 5.63. The largest absolute Gasteiger partial charge is 0.303 e. The van der Waals surface area contributed by atoms with Gasteiger partial charge in [0.1, 0.15) is 12.0 Å². The summed E-state index contributed by atoms with van der Waals surface area (Å²) in [5.41, 5.74) is 2.32. The Hall–Kier alpha value is -1.43. The normalized spacial score (nSPS) is 24.6. The van der Waals surface area contributed by atoms with Crippen molar-refractivity contribution < 1.29 is 0 Å². The number of rotatable bonds is 6. The number of hydrazine groups is 1. The van der Waals surface area contributed by atoms with Crippen LogP contribution >= 0.6 is 0 Å². The van der Waals surface area contributed by atoms with Crippen LogP contribution in [0.15, 0.2) is 29.3 Å². The van der Waals surface area contributed by atoms with Gasteiger partial charge in [-0.05, 0) is 57.8 Å². The van der Waals surface area contributed by atoms with E-state index in [1.165, 1.54) is 63.6 Å². The molecule has 2 fully saturated rings. The molecule has 1 aliphatic carbocycles. The maximum absolute atomic E-state index is 6.44. The van der Waals surface area contributed by atoms with Gasteiger partial charge in [-0.15, -0.1) is 0 Å². The fourth-order valence-corrected chi connectivity index (χ4v) is 4.63. The van der Waals surface area contributed by atoms with Crippen LogP contribution in [0, 0.1) is 0 Å². The topological polar surface area (TPSA) is 56.9 Å². The van der Waals surface area contributed by atoms with Gasteiger partial charge in [0.25, 0.3) is 0 Å². The molecular weight excluding hydrogens is 322 g/mol. The average molecular weight is 356 g/mol. The van der Waals surface area contributed by atoms with Crippen LogP contribution in [-0.4, -0.2) is 36.4 Å². The molecule has 0 spiro atoms. The number of hydrogen-bond acceptors (Lipinski definition) is 5. The SMILES string of the molecule is NN1C(CCCN2CCCC2)=NC(NC2CCCCC2)c2ccccc21. The number of nitrogens with two attached hydrogens (primary N) is 1. The van der Waals surface area contributed by atoms with Gasteiger partial charge in [0, 0.05) is 18.0 Å². The van der Waals surface area contributed by atoms with E-state index < -0.39 is 0 Å². The van der Waals surface area contributed by atoms with Crippen LogP contribution in [0.3, 0.4) is 0 Å². The molecule has 0 bridgehead atoms. The molecule has 26 heavy (non-hydrogen) atoms. The van der Waals surface area contributed by atoms with Crippen molar-refractivity contribution in [3.05, 3.63) is 29.8 Å². The molecule has 1 aromatic rings. The minimum Gasteiger partial charge on any atom is -0.303 e. The van der Waals surface area contributed by atoms with Gasteiger partial charge in [0.05, 0.1) is 5.69 Å². The second-order valence-corrected chi connectivity index (χ2v) is 8.03. The summed E-state index contributed by atoms with van der Waals surface area (Å²) in [7, 11) is 0. The summed E-state index contributed by atoms with van der Waals surface area (Å²) in [6.45, 7) is 3.68. The van der Waals surface area contributed by atoms with E-state index in [-0.39, 0.29) is 6.17 Å². The monoisotopic (exact) mass is 355 g/mol.